The third-order valence-corrected chi connectivity index (χ3v) is 17.0. The van der Waals surface area contributed by atoms with Gasteiger partial charge in [0.25, 0.3) is 11.8 Å². The molecule has 0 atom stereocenters. The van der Waals surface area contributed by atoms with Crippen molar-refractivity contribution in [2.24, 2.45) is 0 Å². The van der Waals surface area contributed by atoms with Gasteiger partial charge in [0.15, 0.2) is 0 Å². The number of rotatable bonds is 8. The van der Waals surface area contributed by atoms with E-state index < -0.39 is 29.3 Å². The summed E-state index contributed by atoms with van der Waals surface area (Å²) in [5.74, 6) is 1.64. The predicted octanol–water partition coefficient (Wildman–Crippen LogP) is 11.8. The maximum absolute atomic E-state index is 13.3. The first-order chi connectivity index (χ1) is 43.7. The number of hydrogen-bond donors (Lipinski definition) is 2. The van der Waals surface area contributed by atoms with Gasteiger partial charge < -0.3 is 48.4 Å². The quantitative estimate of drug-likeness (QED) is 0.107. The van der Waals surface area contributed by atoms with Crippen LogP contribution in [0.3, 0.4) is 0 Å². The van der Waals surface area contributed by atoms with Crippen molar-refractivity contribution >= 4 is 116 Å². The molecule has 4 aromatic heterocycles. The van der Waals surface area contributed by atoms with E-state index in [1.54, 1.807) is 65.9 Å². The number of amides is 5. The van der Waals surface area contributed by atoms with E-state index in [0.717, 1.165) is 65.6 Å². The lowest BCUT2D eigenvalue weighted by Crippen LogP contribution is -2.41. The molecule has 8 aromatic rings. The number of benzene rings is 4. The van der Waals surface area contributed by atoms with Gasteiger partial charge in [-0.1, -0.05) is 103 Å². The van der Waals surface area contributed by atoms with E-state index in [0.29, 0.717) is 99.5 Å². The number of nitrogens with one attached hydrogen (secondary N) is 2. The van der Waals surface area contributed by atoms with Crippen molar-refractivity contribution in [2.45, 2.75) is 118 Å². The Hall–Kier alpha value is -8.73. The van der Waals surface area contributed by atoms with Crippen LogP contribution in [0.1, 0.15) is 129 Å². The molecule has 0 saturated carbocycles. The van der Waals surface area contributed by atoms with Crippen LogP contribution < -0.4 is 5.32 Å². The highest BCUT2D eigenvalue weighted by atomic mass is 35.5. The SMILES string of the molecule is CC(C)(C)OC(=O)N1Cc2c(c3ccc4cnc(Cl)cc4c3n2C(=O)OC(C)(C)C)C1=O.CC1(C)OB(/C=C/c2cccc(CC(=O)N3CCOCC3)c2)OC1(C)C.O=C1NCc2nc3c(ccc4c[nH]c(/C=C/c5cccc(CC(=O)N6CCOCC6)c5)cc43)c21. The number of ether oxygens (including phenoxy) is 4. The third-order valence-electron chi connectivity index (χ3n) is 16.8. The molecule has 92 heavy (non-hydrogen) atoms. The van der Waals surface area contributed by atoms with E-state index >= 15 is 0 Å². The Morgan fingerprint density at radius 2 is 1.25 bits per heavy atom. The number of imide groups is 1. The highest BCUT2D eigenvalue weighted by molar-refractivity contribution is 6.52. The fourth-order valence-corrected chi connectivity index (χ4v) is 11.7. The summed E-state index contributed by atoms with van der Waals surface area (Å²) in [5.41, 5.74) is 6.30. The summed E-state index contributed by atoms with van der Waals surface area (Å²) in [6.07, 6.45) is 9.00. The summed E-state index contributed by atoms with van der Waals surface area (Å²) in [6, 6.07) is 27.3. The minimum absolute atomic E-state index is 0.0496. The second-order valence-corrected chi connectivity index (χ2v) is 26.7. The van der Waals surface area contributed by atoms with Crippen LogP contribution in [0, 0.1) is 0 Å². The van der Waals surface area contributed by atoms with Gasteiger partial charge in [-0.15, -0.1) is 0 Å². The largest absolute Gasteiger partial charge is 0.487 e. The molecule has 2 N–H and O–H groups in total. The predicted molar refractivity (Wildman–Crippen MR) is 354 cm³/mol. The lowest BCUT2D eigenvalue weighted by molar-refractivity contribution is -0.135. The average Bonchev–Trinajstić information content (AvgIpc) is 1.56. The Morgan fingerprint density at radius 3 is 1.86 bits per heavy atom. The number of aromatic amines is 1. The lowest BCUT2D eigenvalue weighted by Gasteiger charge is -2.32. The van der Waals surface area contributed by atoms with Crippen LogP contribution in [0.4, 0.5) is 9.59 Å². The van der Waals surface area contributed by atoms with Gasteiger partial charge in [0.1, 0.15) is 16.4 Å². The van der Waals surface area contributed by atoms with Crippen molar-refractivity contribution in [3.05, 3.63) is 159 Å². The summed E-state index contributed by atoms with van der Waals surface area (Å²) in [4.78, 5) is 93.3. The third kappa shape index (κ3) is 14.3. The van der Waals surface area contributed by atoms with E-state index in [-0.39, 0.29) is 53.3 Å². The van der Waals surface area contributed by atoms with Crippen molar-refractivity contribution in [3.8, 4) is 0 Å². The molecule has 5 amide bonds. The molecule has 22 heteroatoms. The van der Waals surface area contributed by atoms with E-state index in [4.69, 9.17) is 44.8 Å². The molecule has 13 rings (SSSR count). The molecular weight excluding hydrogens is 1190 g/mol. The molecule has 478 valence electrons. The molecule has 5 aliphatic heterocycles. The Balaban J connectivity index is 0.000000143. The summed E-state index contributed by atoms with van der Waals surface area (Å²) in [6.45, 7) is 24.1. The minimum Gasteiger partial charge on any atom is -0.443 e. The number of pyridine rings is 2. The van der Waals surface area contributed by atoms with Crippen LogP contribution >= 0.6 is 11.6 Å². The molecule has 0 radical (unpaired) electrons. The van der Waals surface area contributed by atoms with Gasteiger partial charge in [-0.2, -0.15) is 0 Å². The Kier molecular flexibility index (Phi) is 18.4. The number of fused-ring (bicyclic) bond motifs is 10. The smallest absolute Gasteiger partial charge is 0.443 e. The molecule has 5 aliphatic rings. The molecular formula is C70H76BClN8O12. The second-order valence-electron chi connectivity index (χ2n) is 26.3. The Bertz CT molecular complexity index is 4260. The number of carbonyl (C=O) groups excluding carboxylic acids is 6. The number of nitrogens with zero attached hydrogens (tertiary/aromatic N) is 6. The van der Waals surface area contributed by atoms with E-state index in [9.17, 15) is 28.8 Å². The van der Waals surface area contributed by atoms with Gasteiger partial charge in [0.05, 0.1) is 97.1 Å². The number of morpholine rings is 2. The van der Waals surface area contributed by atoms with Gasteiger partial charge in [-0.25, -0.2) is 29.0 Å². The molecule has 0 bridgehead atoms. The van der Waals surface area contributed by atoms with Crippen molar-refractivity contribution in [3.63, 3.8) is 0 Å². The monoisotopic (exact) mass is 1270 g/mol. The normalized spacial score (nSPS) is 17.1. The maximum Gasteiger partial charge on any atom is 0.487 e. The highest BCUT2D eigenvalue weighted by Gasteiger charge is 2.50. The fourth-order valence-electron chi connectivity index (χ4n) is 11.6. The number of carbonyl (C=O) groups is 6. The number of aromatic nitrogens is 4. The van der Waals surface area contributed by atoms with Crippen molar-refractivity contribution in [1.29, 1.82) is 0 Å². The van der Waals surface area contributed by atoms with E-state index in [2.05, 4.69) is 27.4 Å². The summed E-state index contributed by atoms with van der Waals surface area (Å²) in [7, 11) is -0.362. The number of H-pyrrole nitrogens is 1. The zero-order chi connectivity index (χ0) is 65.4. The Labute approximate surface area is 539 Å². The van der Waals surface area contributed by atoms with Gasteiger partial charge in [0.2, 0.25) is 11.8 Å². The average molecular weight is 1270 g/mol. The molecule has 3 saturated heterocycles. The molecule has 9 heterocycles. The first kappa shape index (κ1) is 64.8. The molecule has 4 aromatic carbocycles. The molecule has 20 nitrogen and oxygen atoms in total. The van der Waals surface area contributed by atoms with Gasteiger partial charge in [0, 0.05) is 71.2 Å². The topological polar surface area (TPSA) is 226 Å². The summed E-state index contributed by atoms with van der Waals surface area (Å²) < 4.78 is 35.0. The van der Waals surface area contributed by atoms with Crippen LogP contribution in [0.25, 0.3) is 61.6 Å². The molecule has 0 aliphatic carbocycles. The minimum atomic E-state index is -0.771. The van der Waals surface area contributed by atoms with Crippen LogP contribution in [-0.2, 0) is 63.8 Å². The first-order valence-electron chi connectivity index (χ1n) is 30.9. The van der Waals surface area contributed by atoms with Crippen LogP contribution in [0.2, 0.25) is 5.15 Å². The summed E-state index contributed by atoms with van der Waals surface area (Å²) in [5, 5.41) is 7.98. The van der Waals surface area contributed by atoms with Crippen LogP contribution in [-0.4, -0.2) is 152 Å². The molecule has 3 fully saturated rings. The van der Waals surface area contributed by atoms with E-state index in [1.807, 2.05) is 122 Å². The molecule has 0 unspecified atom stereocenters. The zero-order valence-corrected chi connectivity index (χ0v) is 54.3. The Morgan fingerprint density at radius 1 is 0.674 bits per heavy atom. The molecule has 0 spiro atoms. The van der Waals surface area contributed by atoms with Gasteiger partial charge in [-0.3, -0.25) is 19.2 Å². The van der Waals surface area contributed by atoms with Gasteiger partial charge in [-0.05, 0) is 115 Å². The second kappa shape index (κ2) is 26.1. The maximum atomic E-state index is 13.3. The highest BCUT2D eigenvalue weighted by Crippen LogP contribution is 2.40. The lowest BCUT2D eigenvalue weighted by atomic mass is 9.89. The summed E-state index contributed by atoms with van der Waals surface area (Å²) >= 11 is 6.13. The van der Waals surface area contributed by atoms with Crippen LogP contribution in [0.5, 0.6) is 0 Å². The van der Waals surface area contributed by atoms with Gasteiger partial charge >= 0.3 is 19.3 Å². The zero-order valence-electron chi connectivity index (χ0n) is 53.6. The van der Waals surface area contributed by atoms with Crippen molar-refractivity contribution < 1.29 is 57.0 Å². The standard InChI is InChI=1S/C27H24N4O3.C23H24ClN3O5.C20H28BNO4/c32-24(31-8-10-34-11-9-31)13-18-3-1-2-17(12-18)4-6-20-14-22-19(15-28-20)5-7-21-25-23(30-26(21)22)16-29-27(25)33;1-22(2,3)31-20(29)26-11-15-17(19(26)28)13-8-7-12-10-25-16(24)9-14(12)18(13)27(15)21(30)32-23(4,5)6;1-19(2)20(3,4)26-21(25-19)9-8-16-6-5-7-17(14-16)15-18(23)22-10-12-24-13-11-22/h1-7,12,14-15,28H,8-11,13,16H2,(H,29,33);7-10H,11H2,1-6H3;5-9,14H,10-13,15H2,1-4H3/b6-4+;;9-8+. The first-order valence-corrected chi connectivity index (χ1v) is 31.3. The number of hydrogen-bond acceptors (Lipinski definition) is 14. The fraction of sp³-hybridized carbons (Fsp3) is 0.371. The number of halogens is 1. The van der Waals surface area contributed by atoms with Crippen molar-refractivity contribution in [1.82, 2.24) is 39.5 Å². The van der Waals surface area contributed by atoms with E-state index in [1.165, 1.54) is 4.57 Å². The van der Waals surface area contributed by atoms with Crippen LogP contribution in [0.15, 0.2) is 103 Å². The van der Waals surface area contributed by atoms with Crippen molar-refractivity contribution in [2.75, 3.05) is 52.6 Å².